The van der Waals surface area contributed by atoms with Crippen molar-refractivity contribution in [3.63, 3.8) is 0 Å². The van der Waals surface area contributed by atoms with Gasteiger partial charge in [0.05, 0.1) is 0 Å². The number of imidazole rings is 1. The highest BCUT2D eigenvalue weighted by atomic mass is 32.1. The summed E-state index contributed by atoms with van der Waals surface area (Å²) >= 11 is 1.39. The fraction of sp³-hybridized carbons (Fsp3) is 0.615. The maximum atomic E-state index is 11.2. The summed E-state index contributed by atoms with van der Waals surface area (Å²) in [4.78, 5) is 18.0. The number of hydrogen-bond acceptors (Lipinski definition) is 6. The highest BCUT2D eigenvalue weighted by Gasteiger charge is 2.22. The summed E-state index contributed by atoms with van der Waals surface area (Å²) < 4.78 is 1.51. The van der Waals surface area contributed by atoms with Crippen LogP contribution in [0, 0.1) is 10.1 Å². The van der Waals surface area contributed by atoms with Crippen LogP contribution in [0.2, 0.25) is 0 Å². The second kappa shape index (κ2) is 6.86. The van der Waals surface area contributed by atoms with Crippen molar-refractivity contribution in [2.75, 3.05) is 25.5 Å². The first-order chi connectivity index (χ1) is 10.0. The van der Waals surface area contributed by atoms with E-state index in [1.165, 1.54) is 15.7 Å². The molecule has 0 saturated heterocycles. The normalized spacial score (nSPS) is 11.7. The van der Waals surface area contributed by atoms with Crippen LogP contribution in [-0.4, -0.2) is 45.4 Å². The third-order valence-corrected chi connectivity index (χ3v) is 4.28. The zero-order valence-electron chi connectivity index (χ0n) is 12.6. The number of nitrogens with zero attached hydrogens (tertiary/aromatic N) is 4. The molecule has 2 aromatic rings. The van der Waals surface area contributed by atoms with E-state index in [0.717, 1.165) is 19.4 Å². The summed E-state index contributed by atoms with van der Waals surface area (Å²) in [5, 5.41) is 16.0. The van der Waals surface area contributed by atoms with E-state index in [1.54, 1.807) is 11.6 Å². The Hall–Kier alpha value is -1.67. The molecule has 2 aromatic heterocycles. The molecule has 0 saturated carbocycles. The van der Waals surface area contributed by atoms with Gasteiger partial charge in [-0.3, -0.25) is 0 Å². The number of anilines is 1. The Labute approximate surface area is 127 Å². The van der Waals surface area contributed by atoms with Crippen LogP contribution in [0.25, 0.3) is 4.96 Å². The van der Waals surface area contributed by atoms with Gasteiger partial charge in [0.2, 0.25) is 5.82 Å². The van der Waals surface area contributed by atoms with Gasteiger partial charge in [-0.15, -0.1) is 0 Å². The highest BCUT2D eigenvalue weighted by molar-refractivity contribution is 7.15. The van der Waals surface area contributed by atoms with Crippen LogP contribution in [-0.2, 0) is 0 Å². The lowest BCUT2D eigenvalue weighted by atomic mass is 10.2. The van der Waals surface area contributed by atoms with E-state index in [0.29, 0.717) is 23.4 Å². The molecule has 2 rings (SSSR count). The van der Waals surface area contributed by atoms with Gasteiger partial charge in [0.15, 0.2) is 0 Å². The lowest BCUT2D eigenvalue weighted by molar-refractivity contribution is -0.389. The third kappa shape index (κ3) is 3.70. The van der Waals surface area contributed by atoms with Crippen LogP contribution in [0.15, 0.2) is 11.6 Å². The Morgan fingerprint density at radius 1 is 1.52 bits per heavy atom. The molecule has 0 atom stereocenters. The second-order valence-electron chi connectivity index (χ2n) is 5.30. The number of unbranched alkanes of at least 4 members (excludes halogenated alkanes) is 1. The van der Waals surface area contributed by atoms with Crippen molar-refractivity contribution in [3.05, 3.63) is 21.7 Å². The van der Waals surface area contributed by atoms with Gasteiger partial charge in [-0.25, -0.2) is 0 Å². The fourth-order valence-electron chi connectivity index (χ4n) is 2.02. The zero-order valence-corrected chi connectivity index (χ0v) is 13.4. The van der Waals surface area contributed by atoms with E-state index in [9.17, 15) is 10.1 Å². The number of nitro groups is 1. The molecule has 21 heavy (non-hydrogen) atoms. The Balaban J connectivity index is 1.87. The van der Waals surface area contributed by atoms with Crippen molar-refractivity contribution in [2.24, 2.45) is 0 Å². The number of fused-ring (bicyclic) bond motifs is 1. The Morgan fingerprint density at radius 3 is 2.95 bits per heavy atom. The van der Waals surface area contributed by atoms with Gasteiger partial charge in [0, 0.05) is 18.0 Å². The van der Waals surface area contributed by atoms with Crippen LogP contribution < -0.4 is 5.32 Å². The molecule has 0 aliphatic heterocycles. The molecule has 8 heteroatoms. The van der Waals surface area contributed by atoms with Crippen LogP contribution in [0.4, 0.5) is 11.6 Å². The van der Waals surface area contributed by atoms with Crippen LogP contribution in [0.5, 0.6) is 0 Å². The molecule has 116 valence electrons. The maximum absolute atomic E-state index is 11.2. The first kappa shape index (κ1) is 15.7. The molecule has 2 heterocycles. The van der Waals surface area contributed by atoms with Crippen LogP contribution >= 0.6 is 11.3 Å². The maximum Gasteiger partial charge on any atom is 0.372 e. The summed E-state index contributed by atoms with van der Waals surface area (Å²) in [6, 6.07) is 0.541. The molecule has 0 aromatic carbocycles. The van der Waals surface area contributed by atoms with Crippen molar-refractivity contribution < 1.29 is 4.92 Å². The average molecular weight is 311 g/mol. The largest absolute Gasteiger partial charge is 0.372 e. The molecule has 0 fully saturated rings. The Morgan fingerprint density at radius 2 is 2.29 bits per heavy atom. The number of thiazole rings is 1. The lowest BCUT2D eigenvalue weighted by Crippen LogP contribution is -2.27. The SMILES string of the molecule is CC(C)N(C)CCCCNc1nc2sccn2c1[N+](=O)[O-]. The van der Waals surface area contributed by atoms with Crippen molar-refractivity contribution >= 4 is 27.9 Å². The van der Waals surface area contributed by atoms with E-state index in [-0.39, 0.29) is 10.7 Å². The van der Waals surface area contributed by atoms with E-state index in [2.05, 4.69) is 36.1 Å². The van der Waals surface area contributed by atoms with Gasteiger partial charge in [0.25, 0.3) is 4.96 Å². The molecule has 0 aliphatic carbocycles. The molecule has 0 aliphatic rings. The summed E-state index contributed by atoms with van der Waals surface area (Å²) in [7, 11) is 2.10. The quantitative estimate of drug-likeness (QED) is 0.461. The average Bonchev–Trinajstić information content (AvgIpc) is 2.97. The minimum absolute atomic E-state index is 0.0190. The molecule has 7 nitrogen and oxygen atoms in total. The van der Waals surface area contributed by atoms with E-state index in [4.69, 9.17) is 0 Å². The summed E-state index contributed by atoms with van der Waals surface area (Å²) in [6.45, 7) is 6.05. The standard InChI is InChI=1S/C13H21N5O2S/c1-10(2)16(3)7-5-4-6-14-11-12(18(19)20)17-8-9-21-13(17)15-11/h8-10,14H,4-7H2,1-3H3. The van der Waals surface area contributed by atoms with Crippen LogP contribution in [0.3, 0.4) is 0 Å². The van der Waals surface area contributed by atoms with Crippen molar-refractivity contribution in [1.82, 2.24) is 14.3 Å². The van der Waals surface area contributed by atoms with E-state index < -0.39 is 0 Å². The molecule has 1 N–H and O–H groups in total. The fourth-order valence-corrected chi connectivity index (χ4v) is 2.73. The van der Waals surface area contributed by atoms with Gasteiger partial charge >= 0.3 is 5.82 Å². The first-order valence-corrected chi connectivity index (χ1v) is 7.92. The summed E-state index contributed by atoms with van der Waals surface area (Å²) in [5.41, 5.74) is 0. The highest BCUT2D eigenvalue weighted by Crippen LogP contribution is 2.27. The molecule has 0 radical (unpaired) electrons. The molecule has 0 spiro atoms. The molecular weight excluding hydrogens is 290 g/mol. The van der Waals surface area contributed by atoms with Gasteiger partial charge in [-0.05, 0) is 45.2 Å². The number of hydrogen-bond donors (Lipinski definition) is 1. The zero-order chi connectivity index (χ0) is 15.4. The number of rotatable bonds is 8. The topological polar surface area (TPSA) is 75.7 Å². The Kier molecular flexibility index (Phi) is 5.13. The first-order valence-electron chi connectivity index (χ1n) is 7.04. The minimum atomic E-state index is -0.387. The number of nitrogens with one attached hydrogen (secondary N) is 1. The van der Waals surface area contributed by atoms with E-state index >= 15 is 0 Å². The van der Waals surface area contributed by atoms with Gasteiger partial charge in [-0.1, -0.05) is 11.3 Å². The molecular formula is C13H21N5O2S. The van der Waals surface area contributed by atoms with Crippen molar-refractivity contribution in [1.29, 1.82) is 0 Å². The van der Waals surface area contributed by atoms with Gasteiger partial charge in [-0.2, -0.15) is 9.38 Å². The summed E-state index contributed by atoms with van der Waals surface area (Å²) in [6.07, 6.45) is 3.69. The lowest BCUT2D eigenvalue weighted by Gasteiger charge is -2.20. The van der Waals surface area contributed by atoms with E-state index in [1.807, 2.05) is 0 Å². The second-order valence-corrected chi connectivity index (χ2v) is 6.18. The minimum Gasteiger partial charge on any atom is -0.363 e. The molecule has 0 unspecified atom stereocenters. The molecule has 0 bridgehead atoms. The summed E-state index contributed by atoms with van der Waals surface area (Å²) in [5.74, 6) is 0.384. The smallest absolute Gasteiger partial charge is 0.363 e. The molecule has 0 amide bonds. The number of aromatic nitrogens is 2. The Bertz CT molecular complexity index is 607. The van der Waals surface area contributed by atoms with Crippen LogP contribution in [0.1, 0.15) is 26.7 Å². The predicted octanol–water partition coefficient (Wildman–Crippen LogP) is 2.84. The van der Waals surface area contributed by atoms with Crippen molar-refractivity contribution in [3.8, 4) is 0 Å². The van der Waals surface area contributed by atoms with Crippen molar-refractivity contribution in [2.45, 2.75) is 32.7 Å². The van der Waals surface area contributed by atoms with Gasteiger partial charge < -0.3 is 20.3 Å². The van der Waals surface area contributed by atoms with Gasteiger partial charge in [0.1, 0.15) is 6.20 Å². The monoisotopic (exact) mass is 311 g/mol. The third-order valence-electron chi connectivity index (χ3n) is 3.52. The predicted molar refractivity (Wildman–Crippen MR) is 85.2 cm³/mol.